The van der Waals surface area contributed by atoms with Crippen molar-refractivity contribution >= 4 is 17.7 Å². The monoisotopic (exact) mass is 560 g/mol. The van der Waals surface area contributed by atoms with E-state index in [1.165, 1.54) is 22.3 Å². The van der Waals surface area contributed by atoms with Crippen LogP contribution >= 0.6 is 11.8 Å². The van der Waals surface area contributed by atoms with Gasteiger partial charge in [-0.2, -0.15) is 0 Å². The topological polar surface area (TPSA) is 59.8 Å². The lowest BCUT2D eigenvalue weighted by atomic mass is 9.88. The van der Waals surface area contributed by atoms with Crippen molar-refractivity contribution in [3.8, 4) is 17.1 Å². The number of carbonyl (C=O) groups excluding carboxylic acids is 1. The Morgan fingerprint density at radius 1 is 0.780 bits per heavy atom. The third kappa shape index (κ3) is 7.53. The summed E-state index contributed by atoms with van der Waals surface area (Å²) >= 11 is 1.64. The molecule has 5 rings (SSSR count). The van der Waals surface area contributed by atoms with Gasteiger partial charge in [-0.05, 0) is 49.9 Å². The molecule has 41 heavy (non-hydrogen) atoms. The second-order valence-corrected chi connectivity index (χ2v) is 11.4. The largest absolute Gasteiger partial charge is 0.356 e. The summed E-state index contributed by atoms with van der Waals surface area (Å²) in [6.07, 6.45) is 2.10. The number of aromatic nitrogens is 3. The Bertz CT molecular complexity index is 1490. The summed E-state index contributed by atoms with van der Waals surface area (Å²) < 4.78 is 2.11. The quantitative estimate of drug-likeness (QED) is 0.125. The number of nitrogens with one attached hydrogen (secondary N) is 1. The second-order valence-electron chi connectivity index (χ2n) is 10.3. The minimum absolute atomic E-state index is 0.0887. The fraction of sp³-hybridized carbons (Fsp3) is 0.229. The van der Waals surface area contributed by atoms with E-state index in [4.69, 9.17) is 0 Å². The maximum atomic E-state index is 12.7. The molecule has 1 N–H and O–H groups in total. The number of carbonyl (C=O) groups is 1. The lowest BCUT2D eigenvalue weighted by Gasteiger charge is -2.18. The molecule has 4 aromatic carbocycles. The molecular weight excluding hydrogens is 524 g/mol. The van der Waals surface area contributed by atoms with Crippen molar-refractivity contribution < 1.29 is 4.79 Å². The molecule has 0 saturated carbocycles. The standard InChI is InChI=1S/C35H36N4OS/c1-26-15-19-30(20-16-26)34-37-38-35(39(34)31-21-17-27(2)18-22-31)41-25-9-14-33(40)36-24-23-32(28-10-5-3-6-11-28)29-12-7-4-8-13-29/h3-8,10-13,15-22,32H,9,14,23-25H2,1-2H3,(H,36,40). The molecule has 0 spiro atoms. The minimum Gasteiger partial charge on any atom is -0.356 e. The zero-order valence-corrected chi connectivity index (χ0v) is 24.5. The Morgan fingerprint density at radius 2 is 1.37 bits per heavy atom. The number of nitrogens with zero attached hydrogens (tertiary/aromatic N) is 3. The Balaban J connectivity index is 1.17. The fourth-order valence-electron chi connectivity index (χ4n) is 4.92. The average molecular weight is 561 g/mol. The predicted octanol–water partition coefficient (Wildman–Crippen LogP) is 7.76. The van der Waals surface area contributed by atoms with Crippen molar-refractivity contribution in [1.29, 1.82) is 0 Å². The highest BCUT2D eigenvalue weighted by Gasteiger charge is 2.17. The molecule has 0 bridgehead atoms. The summed E-state index contributed by atoms with van der Waals surface area (Å²) in [5.74, 6) is 1.94. The number of hydrogen-bond acceptors (Lipinski definition) is 4. The highest BCUT2D eigenvalue weighted by Crippen LogP contribution is 2.29. The number of aryl methyl sites for hydroxylation is 2. The van der Waals surface area contributed by atoms with Gasteiger partial charge in [-0.1, -0.05) is 120 Å². The lowest BCUT2D eigenvalue weighted by Crippen LogP contribution is -2.25. The van der Waals surface area contributed by atoms with Gasteiger partial charge >= 0.3 is 0 Å². The highest BCUT2D eigenvalue weighted by molar-refractivity contribution is 7.99. The smallest absolute Gasteiger partial charge is 0.220 e. The van der Waals surface area contributed by atoms with Gasteiger partial charge in [0.2, 0.25) is 5.91 Å². The van der Waals surface area contributed by atoms with Crippen molar-refractivity contribution in [3.63, 3.8) is 0 Å². The SMILES string of the molecule is Cc1ccc(-c2nnc(SCCCC(=O)NCCC(c3ccccc3)c3ccccc3)n2-c2ccc(C)cc2)cc1. The summed E-state index contributed by atoms with van der Waals surface area (Å²) in [6, 6.07) is 37.8. The molecule has 5 nitrogen and oxygen atoms in total. The average Bonchev–Trinajstić information content (AvgIpc) is 3.43. The Labute approximate surface area is 247 Å². The van der Waals surface area contributed by atoms with Crippen LogP contribution in [0, 0.1) is 13.8 Å². The molecular formula is C35H36N4OS. The summed E-state index contributed by atoms with van der Waals surface area (Å²) in [4.78, 5) is 12.7. The zero-order valence-electron chi connectivity index (χ0n) is 23.7. The van der Waals surface area contributed by atoms with Gasteiger partial charge in [0.15, 0.2) is 11.0 Å². The Morgan fingerprint density at radius 3 is 1.98 bits per heavy atom. The molecule has 0 aliphatic rings. The molecule has 0 aliphatic heterocycles. The van der Waals surface area contributed by atoms with E-state index in [2.05, 4.69) is 131 Å². The van der Waals surface area contributed by atoms with E-state index >= 15 is 0 Å². The molecule has 0 aliphatic carbocycles. The van der Waals surface area contributed by atoms with Crippen LogP contribution in [0.2, 0.25) is 0 Å². The van der Waals surface area contributed by atoms with E-state index in [0.29, 0.717) is 13.0 Å². The van der Waals surface area contributed by atoms with Gasteiger partial charge in [0.05, 0.1) is 0 Å². The van der Waals surface area contributed by atoms with Crippen LogP contribution < -0.4 is 5.32 Å². The van der Waals surface area contributed by atoms with E-state index in [1.807, 2.05) is 12.1 Å². The van der Waals surface area contributed by atoms with Gasteiger partial charge in [0, 0.05) is 35.9 Å². The zero-order chi connectivity index (χ0) is 28.4. The Hall–Kier alpha value is -4.16. The van der Waals surface area contributed by atoms with Crippen LogP contribution in [0.5, 0.6) is 0 Å². The summed E-state index contributed by atoms with van der Waals surface area (Å²) in [5.41, 5.74) is 7.01. The van der Waals surface area contributed by atoms with E-state index < -0.39 is 0 Å². The van der Waals surface area contributed by atoms with Crippen LogP contribution in [0.15, 0.2) is 114 Å². The Kier molecular flexibility index (Phi) is 9.65. The van der Waals surface area contributed by atoms with E-state index in [-0.39, 0.29) is 11.8 Å². The van der Waals surface area contributed by atoms with Crippen molar-refractivity contribution in [2.45, 2.75) is 44.2 Å². The molecule has 0 radical (unpaired) electrons. The highest BCUT2D eigenvalue weighted by atomic mass is 32.2. The van der Waals surface area contributed by atoms with Crippen LogP contribution in [0.1, 0.15) is 47.4 Å². The first-order valence-electron chi connectivity index (χ1n) is 14.2. The number of rotatable bonds is 12. The van der Waals surface area contributed by atoms with E-state index in [1.54, 1.807) is 11.8 Å². The van der Waals surface area contributed by atoms with Crippen LogP contribution in [0.25, 0.3) is 17.1 Å². The molecule has 0 saturated heterocycles. The third-order valence-corrected chi connectivity index (χ3v) is 8.19. The maximum Gasteiger partial charge on any atom is 0.220 e. The summed E-state index contributed by atoms with van der Waals surface area (Å²) in [6.45, 7) is 4.81. The van der Waals surface area contributed by atoms with Crippen LogP contribution in [0.3, 0.4) is 0 Å². The predicted molar refractivity (Wildman–Crippen MR) is 169 cm³/mol. The van der Waals surface area contributed by atoms with E-state index in [0.717, 1.165) is 40.8 Å². The molecule has 5 aromatic rings. The van der Waals surface area contributed by atoms with Crippen molar-refractivity contribution in [2.24, 2.45) is 0 Å². The first-order chi connectivity index (χ1) is 20.1. The van der Waals surface area contributed by atoms with E-state index in [9.17, 15) is 4.79 Å². The van der Waals surface area contributed by atoms with Gasteiger partial charge < -0.3 is 5.32 Å². The van der Waals surface area contributed by atoms with Crippen LogP contribution in [-0.4, -0.2) is 33.0 Å². The fourth-order valence-corrected chi connectivity index (χ4v) is 5.81. The first kappa shape index (κ1) is 28.4. The van der Waals surface area contributed by atoms with Crippen LogP contribution in [-0.2, 0) is 4.79 Å². The normalized spacial score (nSPS) is 11.1. The first-order valence-corrected chi connectivity index (χ1v) is 15.2. The summed E-state index contributed by atoms with van der Waals surface area (Å²) in [7, 11) is 0. The number of benzene rings is 4. The molecule has 6 heteroatoms. The lowest BCUT2D eigenvalue weighted by molar-refractivity contribution is -0.121. The third-order valence-electron chi connectivity index (χ3n) is 7.17. The van der Waals surface area contributed by atoms with Gasteiger partial charge in [0.1, 0.15) is 0 Å². The van der Waals surface area contributed by atoms with Crippen molar-refractivity contribution in [1.82, 2.24) is 20.1 Å². The molecule has 1 heterocycles. The second kappa shape index (κ2) is 14.0. The number of hydrogen-bond donors (Lipinski definition) is 1. The molecule has 208 valence electrons. The van der Waals surface area contributed by atoms with Gasteiger partial charge in [0.25, 0.3) is 0 Å². The molecule has 0 unspecified atom stereocenters. The number of amides is 1. The van der Waals surface area contributed by atoms with Gasteiger partial charge in [-0.15, -0.1) is 10.2 Å². The van der Waals surface area contributed by atoms with Gasteiger partial charge in [-0.25, -0.2) is 0 Å². The van der Waals surface area contributed by atoms with Gasteiger partial charge in [-0.3, -0.25) is 9.36 Å². The minimum atomic E-state index is 0.0887. The maximum absolute atomic E-state index is 12.7. The van der Waals surface area contributed by atoms with Crippen molar-refractivity contribution in [3.05, 3.63) is 131 Å². The summed E-state index contributed by atoms with van der Waals surface area (Å²) in [5, 5.41) is 13.1. The molecule has 0 atom stereocenters. The molecule has 1 aromatic heterocycles. The molecule has 1 amide bonds. The number of thioether (sulfide) groups is 1. The van der Waals surface area contributed by atoms with Crippen molar-refractivity contribution in [2.75, 3.05) is 12.3 Å². The van der Waals surface area contributed by atoms with Crippen LogP contribution in [0.4, 0.5) is 0 Å². The molecule has 0 fully saturated rings.